The van der Waals surface area contributed by atoms with E-state index < -0.39 is 11.8 Å². The van der Waals surface area contributed by atoms with Crippen LogP contribution in [0.25, 0.3) is 0 Å². The Bertz CT molecular complexity index is 83.4. The van der Waals surface area contributed by atoms with Crippen molar-refractivity contribution in [3.8, 4) is 0 Å². The third-order valence-electron chi connectivity index (χ3n) is 1.26. The molecule has 0 amide bonds. The van der Waals surface area contributed by atoms with Gasteiger partial charge >= 0.3 is 0 Å². The van der Waals surface area contributed by atoms with E-state index in [0.717, 1.165) is 0 Å². The van der Waals surface area contributed by atoms with Crippen LogP contribution in [0.5, 0.6) is 0 Å². The molecule has 0 aliphatic heterocycles. The zero-order chi connectivity index (χ0) is 7.65. The number of hydrogen-bond acceptors (Lipinski definition) is 1. The number of alkyl halides is 1. The van der Waals surface area contributed by atoms with Crippen molar-refractivity contribution in [1.82, 2.24) is 0 Å². The molecule has 0 aliphatic rings. The molecule has 0 aromatic rings. The van der Waals surface area contributed by atoms with Crippen LogP contribution in [0.1, 0.15) is 27.7 Å². The second-order valence-corrected chi connectivity index (χ2v) is 3.30. The van der Waals surface area contributed by atoms with Gasteiger partial charge in [0.25, 0.3) is 0 Å². The zero-order valence-electron chi connectivity index (χ0n) is 6.48. The minimum atomic E-state index is -1.19. The topological polar surface area (TPSA) is 20.2 Å². The minimum absolute atomic E-state index is 0.106. The number of rotatable bonds is 2. The van der Waals surface area contributed by atoms with Gasteiger partial charge in [0, 0.05) is 0 Å². The maximum Gasteiger partial charge on any atom is 0.130 e. The molecular weight excluding hydrogens is 119 g/mol. The lowest BCUT2D eigenvalue weighted by atomic mass is 9.94. The first-order valence-electron chi connectivity index (χ1n) is 3.22. The van der Waals surface area contributed by atoms with Gasteiger partial charge in [0.1, 0.15) is 6.17 Å². The summed E-state index contributed by atoms with van der Waals surface area (Å²) in [4.78, 5) is 0. The number of hydrogen-bond donors (Lipinski definition) is 1. The van der Waals surface area contributed by atoms with Crippen molar-refractivity contribution in [2.24, 2.45) is 5.92 Å². The van der Waals surface area contributed by atoms with Crippen molar-refractivity contribution in [2.75, 3.05) is 0 Å². The largest absolute Gasteiger partial charge is 0.387 e. The van der Waals surface area contributed by atoms with Crippen molar-refractivity contribution >= 4 is 0 Å². The first-order chi connectivity index (χ1) is 3.85. The van der Waals surface area contributed by atoms with Crippen LogP contribution in [0.2, 0.25) is 0 Å². The third kappa shape index (κ3) is 2.80. The quantitative estimate of drug-likeness (QED) is 0.610. The Morgan fingerprint density at radius 2 is 1.67 bits per heavy atom. The fraction of sp³-hybridized carbons (Fsp3) is 1.00. The molecule has 56 valence electrons. The molecule has 1 unspecified atom stereocenters. The Hall–Kier alpha value is -0.110. The first kappa shape index (κ1) is 8.89. The number of halogens is 1. The van der Waals surface area contributed by atoms with Gasteiger partial charge in [0.2, 0.25) is 0 Å². The smallest absolute Gasteiger partial charge is 0.130 e. The Kier molecular flexibility index (Phi) is 2.62. The molecule has 0 saturated heterocycles. The summed E-state index contributed by atoms with van der Waals surface area (Å²) in [6, 6.07) is 0. The highest BCUT2D eigenvalue weighted by Crippen LogP contribution is 2.19. The van der Waals surface area contributed by atoms with Crippen LogP contribution in [-0.2, 0) is 0 Å². The van der Waals surface area contributed by atoms with E-state index in [9.17, 15) is 4.39 Å². The van der Waals surface area contributed by atoms with E-state index in [1.54, 1.807) is 13.8 Å². The molecule has 9 heavy (non-hydrogen) atoms. The fourth-order valence-corrected chi connectivity index (χ4v) is 0.816. The summed E-state index contributed by atoms with van der Waals surface area (Å²) in [7, 11) is 0. The van der Waals surface area contributed by atoms with Gasteiger partial charge in [0.05, 0.1) is 5.60 Å². The predicted molar refractivity (Wildman–Crippen MR) is 36.0 cm³/mol. The average Bonchev–Trinajstić information content (AvgIpc) is 1.62. The molecule has 1 nitrogen and oxygen atoms in total. The van der Waals surface area contributed by atoms with Gasteiger partial charge in [-0.25, -0.2) is 4.39 Å². The summed E-state index contributed by atoms with van der Waals surface area (Å²) >= 11 is 0. The van der Waals surface area contributed by atoms with E-state index in [1.807, 2.05) is 0 Å². The van der Waals surface area contributed by atoms with Crippen LogP contribution >= 0.6 is 0 Å². The summed E-state index contributed by atoms with van der Waals surface area (Å²) in [5.41, 5.74) is -1.19. The summed E-state index contributed by atoms with van der Waals surface area (Å²) in [6.45, 7) is 6.47. The van der Waals surface area contributed by atoms with Gasteiger partial charge in [-0.1, -0.05) is 13.8 Å². The van der Waals surface area contributed by atoms with Crippen molar-refractivity contribution < 1.29 is 9.50 Å². The Labute approximate surface area is 55.9 Å². The zero-order valence-corrected chi connectivity index (χ0v) is 6.48. The Morgan fingerprint density at radius 3 is 1.67 bits per heavy atom. The van der Waals surface area contributed by atoms with Gasteiger partial charge < -0.3 is 5.11 Å². The van der Waals surface area contributed by atoms with Crippen LogP contribution in [0.15, 0.2) is 0 Å². The second-order valence-electron chi connectivity index (χ2n) is 3.30. The molecule has 0 radical (unpaired) electrons. The van der Waals surface area contributed by atoms with E-state index >= 15 is 0 Å². The molecule has 0 fully saturated rings. The molecule has 0 spiro atoms. The summed E-state index contributed by atoms with van der Waals surface area (Å²) in [5, 5.41) is 9.08. The van der Waals surface area contributed by atoms with E-state index in [1.165, 1.54) is 13.8 Å². The lowest BCUT2D eigenvalue weighted by molar-refractivity contribution is -0.0235. The lowest BCUT2D eigenvalue weighted by Gasteiger charge is -2.24. The monoisotopic (exact) mass is 134 g/mol. The van der Waals surface area contributed by atoms with Crippen LogP contribution in [0.3, 0.4) is 0 Å². The Morgan fingerprint density at radius 1 is 1.33 bits per heavy atom. The van der Waals surface area contributed by atoms with Gasteiger partial charge in [-0.3, -0.25) is 0 Å². The fourth-order valence-electron chi connectivity index (χ4n) is 0.816. The number of aliphatic hydroxyl groups is 1. The molecule has 0 aromatic carbocycles. The van der Waals surface area contributed by atoms with E-state index in [2.05, 4.69) is 0 Å². The lowest BCUT2D eigenvalue weighted by Crippen LogP contribution is -2.36. The van der Waals surface area contributed by atoms with Crippen molar-refractivity contribution in [3.05, 3.63) is 0 Å². The van der Waals surface area contributed by atoms with Crippen LogP contribution in [0, 0.1) is 5.92 Å². The molecule has 1 atom stereocenters. The van der Waals surface area contributed by atoms with Gasteiger partial charge in [-0.15, -0.1) is 0 Å². The van der Waals surface area contributed by atoms with Crippen molar-refractivity contribution in [3.63, 3.8) is 0 Å². The normalized spacial score (nSPS) is 16.3. The highest BCUT2D eigenvalue weighted by Gasteiger charge is 2.28. The molecule has 0 aliphatic carbocycles. The van der Waals surface area contributed by atoms with Gasteiger partial charge in [-0.2, -0.15) is 0 Å². The molecule has 2 heteroatoms. The van der Waals surface area contributed by atoms with Crippen molar-refractivity contribution in [1.29, 1.82) is 0 Å². The molecule has 0 heterocycles. The second kappa shape index (κ2) is 2.65. The van der Waals surface area contributed by atoms with Gasteiger partial charge in [-0.05, 0) is 19.8 Å². The molecule has 0 saturated carbocycles. The van der Waals surface area contributed by atoms with Gasteiger partial charge in [0.15, 0.2) is 0 Å². The van der Waals surface area contributed by atoms with E-state index in [4.69, 9.17) is 5.11 Å². The standard InChI is InChI=1S/C7H15FO/c1-5(2)6(8)7(3,4)9/h5-6,9H,1-4H3. The summed E-state index contributed by atoms with van der Waals surface area (Å²) in [5.74, 6) is -0.106. The molecule has 0 aromatic heterocycles. The Balaban J connectivity index is 3.88. The first-order valence-corrected chi connectivity index (χ1v) is 3.22. The highest BCUT2D eigenvalue weighted by molar-refractivity contribution is 4.78. The van der Waals surface area contributed by atoms with Crippen LogP contribution in [0.4, 0.5) is 4.39 Å². The summed E-state index contributed by atoms with van der Waals surface area (Å²) < 4.78 is 12.8. The predicted octanol–water partition coefficient (Wildman–Crippen LogP) is 1.75. The third-order valence-corrected chi connectivity index (χ3v) is 1.26. The SMILES string of the molecule is CC(C)C(F)C(C)(C)O. The molecule has 1 N–H and O–H groups in total. The van der Waals surface area contributed by atoms with E-state index in [-0.39, 0.29) is 5.92 Å². The van der Waals surface area contributed by atoms with Crippen molar-refractivity contribution in [2.45, 2.75) is 39.5 Å². The maximum absolute atomic E-state index is 12.8. The van der Waals surface area contributed by atoms with Crippen LogP contribution < -0.4 is 0 Å². The van der Waals surface area contributed by atoms with E-state index in [0.29, 0.717) is 0 Å². The molecule has 0 bridgehead atoms. The average molecular weight is 134 g/mol. The maximum atomic E-state index is 12.8. The summed E-state index contributed by atoms with van der Waals surface area (Å²) in [6.07, 6.45) is -1.13. The minimum Gasteiger partial charge on any atom is -0.387 e. The van der Waals surface area contributed by atoms with Crippen LogP contribution in [-0.4, -0.2) is 16.9 Å². The molecular formula is C7H15FO. The molecule has 0 rings (SSSR count). The highest BCUT2D eigenvalue weighted by atomic mass is 19.1.